The SMILES string of the molecule is CNCC1CCC(C)(C)CC1Cc1cnn(C)c1. The van der Waals surface area contributed by atoms with Crippen LogP contribution in [0.5, 0.6) is 0 Å². The van der Waals surface area contributed by atoms with Crippen LogP contribution in [-0.4, -0.2) is 23.4 Å². The second-order valence-electron chi connectivity index (χ2n) is 6.71. The van der Waals surface area contributed by atoms with Crippen LogP contribution in [0, 0.1) is 17.3 Å². The summed E-state index contributed by atoms with van der Waals surface area (Å²) in [5, 5.41) is 7.66. The summed E-state index contributed by atoms with van der Waals surface area (Å²) in [7, 11) is 4.07. The Morgan fingerprint density at radius 3 is 2.83 bits per heavy atom. The van der Waals surface area contributed by atoms with Crippen LogP contribution in [0.15, 0.2) is 12.4 Å². The predicted molar refractivity (Wildman–Crippen MR) is 75.5 cm³/mol. The van der Waals surface area contributed by atoms with Crippen molar-refractivity contribution >= 4 is 0 Å². The highest BCUT2D eigenvalue weighted by Gasteiger charge is 2.34. The third kappa shape index (κ3) is 3.35. The smallest absolute Gasteiger partial charge is 0.0521 e. The molecule has 1 aliphatic rings. The molecule has 2 rings (SSSR count). The van der Waals surface area contributed by atoms with Gasteiger partial charge in [0, 0.05) is 13.2 Å². The van der Waals surface area contributed by atoms with E-state index in [0.717, 1.165) is 18.4 Å². The molecule has 0 aliphatic heterocycles. The Morgan fingerprint density at radius 2 is 2.22 bits per heavy atom. The first-order valence-corrected chi connectivity index (χ1v) is 7.12. The summed E-state index contributed by atoms with van der Waals surface area (Å²) in [6.45, 7) is 5.98. The lowest BCUT2D eigenvalue weighted by atomic mass is 9.65. The fraction of sp³-hybridized carbons (Fsp3) is 0.800. The average molecular weight is 249 g/mol. The number of hydrogen-bond acceptors (Lipinski definition) is 2. The minimum atomic E-state index is 0.511. The van der Waals surface area contributed by atoms with Gasteiger partial charge in [0.1, 0.15) is 0 Å². The van der Waals surface area contributed by atoms with Gasteiger partial charge in [-0.05, 0) is 62.1 Å². The second-order valence-corrected chi connectivity index (χ2v) is 6.71. The fourth-order valence-corrected chi connectivity index (χ4v) is 3.44. The maximum Gasteiger partial charge on any atom is 0.0521 e. The molecule has 3 nitrogen and oxygen atoms in total. The number of rotatable bonds is 4. The van der Waals surface area contributed by atoms with Gasteiger partial charge in [-0.15, -0.1) is 0 Å². The molecule has 1 N–H and O–H groups in total. The van der Waals surface area contributed by atoms with Crippen molar-refractivity contribution in [2.75, 3.05) is 13.6 Å². The van der Waals surface area contributed by atoms with E-state index < -0.39 is 0 Å². The van der Waals surface area contributed by atoms with Crippen molar-refractivity contribution in [2.45, 2.75) is 39.5 Å². The number of aromatic nitrogens is 2. The quantitative estimate of drug-likeness (QED) is 0.889. The lowest BCUT2D eigenvalue weighted by Crippen LogP contribution is -2.36. The Labute approximate surface area is 111 Å². The first-order chi connectivity index (χ1) is 8.50. The number of nitrogens with zero attached hydrogens (tertiary/aromatic N) is 2. The van der Waals surface area contributed by atoms with E-state index in [1.54, 1.807) is 0 Å². The molecule has 0 saturated heterocycles. The summed E-state index contributed by atoms with van der Waals surface area (Å²) in [5.41, 5.74) is 1.90. The molecule has 0 spiro atoms. The Kier molecular flexibility index (Phi) is 4.10. The molecular weight excluding hydrogens is 222 g/mol. The highest BCUT2D eigenvalue weighted by atomic mass is 15.2. The van der Waals surface area contributed by atoms with Crippen LogP contribution in [0.2, 0.25) is 0 Å². The van der Waals surface area contributed by atoms with Gasteiger partial charge in [0.05, 0.1) is 6.20 Å². The van der Waals surface area contributed by atoms with Gasteiger partial charge in [0.25, 0.3) is 0 Å². The van der Waals surface area contributed by atoms with Crippen molar-refractivity contribution in [2.24, 2.45) is 24.3 Å². The van der Waals surface area contributed by atoms with Gasteiger partial charge < -0.3 is 5.32 Å². The lowest BCUT2D eigenvalue weighted by Gasteiger charge is -2.41. The molecule has 2 atom stereocenters. The highest BCUT2D eigenvalue weighted by Crippen LogP contribution is 2.42. The Morgan fingerprint density at radius 1 is 1.44 bits per heavy atom. The van der Waals surface area contributed by atoms with Crippen LogP contribution >= 0.6 is 0 Å². The molecule has 0 bridgehead atoms. The third-order valence-electron chi connectivity index (χ3n) is 4.40. The maximum atomic E-state index is 4.29. The molecule has 102 valence electrons. The Bertz CT molecular complexity index is 381. The third-order valence-corrected chi connectivity index (χ3v) is 4.40. The van der Waals surface area contributed by atoms with E-state index in [-0.39, 0.29) is 0 Å². The van der Waals surface area contributed by atoms with E-state index in [4.69, 9.17) is 0 Å². The van der Waals surface area contributed by atoms with Gasteiger partial charge in [-0.1, -0.05) is 13.8 Å². The minimum absolute atomic E-state index is 0.511. The van der Waals surface area contributed by atoms with E-state index in [0.29, 0.717) is 5.41 Å². The molecule has 0 aromatic carbocycles. The van der Waals surface area contributed by atoms with Crippen LogP contribution in [0.3, 0.4) is 0 Å². The summed E-state index contributed by atoms with van der Waals surface area (Å²) in [6.07, 6.45) is 9.44. The fourth-order valence-electron chi connectivity index (χ4n) is 3.44. The van der Waals surface area contributed by atoms with E-state index in [9.17, 15) is 0 Å². The molecule has 18 heavy (non-hydrogen) atoms. The van der Waals surface area contributed by atoms with E-state index >= 15 is 0 Å². The zero-order valence-corrected chi connectivity index (χ0v) is 12.2. The summed E-state index contributed by atoms with van der Waals surface area (Å²) < 4.78 is 1.91. The van der Waals surface area contributed by atoms with Gasteiger partial charge >= 0.3 is 0 Å². The van der Waals surface area contributed by atoms with Crippen LogP contribution < -0.4 is 5.32 Å². The number of hydrogen-bond donors (Lipinski definition) is 1. The predicted octanol–water partition coefficient (Wildman–Crippen LogP) is 2.62. The van der Waals surface area contributed by atoms with Crippen molar-refractivity contribution in [1.29, 1.82) is 0 Å². The van der Waals surface area contributed by atoms with Crippen molar-refractivity contribution in [3.63, 3.8) is 0 Å². The summed E-state index contributed by atoms with van der Waals surface area (Å²) in [6, 6.07) is 0. The second kappa shape index (κ2) is 5.43. The van der Waals surface area contributed by atoms with Crippen LogP contribution in [-0.2, 0) is 13.5 Å². The maximum absolute atomic E-state index is 4.29. The summed E-state index contributed by atoms with van der Waals surface area (Å²) in [5.74, 6) is 1.62. The summed E-state index contributed by atoms with van der Waals surface area (Å²) >= 11 is 0. The van der Waals surface area contributed by atoms with Crippen LogP contribution in [0.25, 0.3) is 0 Å². The first-order valence-electron chi connectivity index (χ1n) is 7.12. The van der Waals surface area contributed by atoms with Crippen molar-refractivity contribution in [3.05, 3.63) is 18.0 Å². The van der Waals surface area contributed by atoms with Gasteiger partial charge in [-0.25, -0.2) is 0 Å². The summed E-state index contributed by atoms with van der Waals surface area (Å²) in [4.78, 5) is 0. The number of nitrogens with one attached hydrogen (secondary N) is 1. The molecule has 1 aromatic rings. The van der Waals surface area contributed by atoms with Crippen molar-refractivity contribution in [1.82, 2.24) is 15.1 Å². The van der Waals surface area contributed by atoms with E-state index in [1.807, 2.05) is 17.9 Å². The molecular formula is C15H27N3. The van der Waals surface area contributed by atoms with Gasteiger partial charge in [-0.2, -0.15) is 5.10 Å². The van der Waals surface area contributed by atoms with E-state index in [1.165, 1.54) is 31.2 Å². The zero-order chi connectivity index (χ0) is 13.2. The molecule has 0 amide bonds. The van der Waals surface area contributed by atoms with Crippen LogP contribution in [0.1, 0.15) is 38.7 Å². The first kappa shape index (κ1) is 13.6. The molecule has 1 aromatic heterocycles. The molecule has 2 unspecified atom stereocenters. The lowest BCUT2D eigenvalue weighted by molar-refractivity contribution is 0.117. The monoisotopic (exact) mass is 249 g/mol. The number of aryl methyl sites for hydroxylation is 1. The van der Waals surface area contributed by atoms with Crippen LogP contribution in [0.4, 0.5) is 0 Å². The normalized spacial score (nSPS) is 27.3. The van der Waals surface area contributed by atoms with Crippen molar-refractivity contribution < 1.29 is 0 Å². The highest BCUT2D eigenvalue weighted by molar-refractivity contribution is 5.06. The molecule has 1 saturated carbocycles. The molecule has 1 heterocycles. The molecule has 1 fully saturated rings. The molecule has 0 radical (unpaired) electrons. The Hall–Kier alpha value is -0.830. The molecule has 1 aliphatic carbocycles. The average Bonchev–Trinajstić information content (AvgIpc) is 2.68. The Balaban J connectivity index is 2.05. The van der Waals surface area contributed by atoms with Gasteiger partial charge in [0.2, 0.25) is 0 Å². The molecule has 3 heteroatoms. The largest absolute Gasteiger partial charge is 0.319 e. The van der Waals surface area contributed by atoms with Gasteiger partial charge in [-0.3, -0.25) is 4.68 Å². The zero-order valence-electron chi connectivity index (χ0n) is 12.2. The van der Waals surface area contributed by atoms with Crippen molar-refractivity contribution in [3.8, 4) is 0 Å². The standard InChI is InChI=1S/C15H27N3/c1-15(2)6-5-13(10-16-3)14(8-15)7-12-9-17-18(4)11-12/h9,11,13-14,16H,5-8,10H2,1-4H3. The van der Waals surface area contributed by atoms with E-state index in [2.05, 4.69) is 37.5 Å². The van der Waals surface area contributed by atoms with Gasteiger partial charge in [0.15, 0.2) is 0 Å². The minimum Gasteiger partial charge on any atom is -0.319 e. The topological polar surface area (TPSA) is 29.9 Å².